The molecule has 0 saturated heterocycles. The number of likely N-dealkylation sites (N-methyl/N-ethyl adjacent to an activating group) is 1. The number of anilines is 1. The van der Waals surface area contributed by atoms with E-state index in [0.29, 0.717) is 5.69 Å². The fourth-order valence-corrected chi connectivity index (χ4v) is 3.25. The number of rotatable bonds is 6. The normalized spacial score (nSPS) is 12.4. The minimum absolute atomic E-state index is 0.198. The number of esters is 1. The first-order valence-electron chi connectivity index (χ1n) is 8.31. The second-order valence-corrected chi connectivity index (χ2v) is 6.76. The Morgan fingerprint density at radius 2 is 1.93 bits per heavy atom. The van der Waals surface area contributed by atoms with Gasteiger partial charge in [0.2, 0.25) is 0 Å². The molecule has 1 amide bonds. The Balaban J connectivity index is 2.18. The van der Waals surface area contributed by atoms with Gasteiger partial charge in [0.05, 0.1) is 17.9 Å². The summed E-state index contributed by atoms with van der Waals surface area (Å²) in [7, 11) is 1.41. The van der Waals surface area contributed by atoms with E-state index in [4.69, 9.17) is 9.47 Å². The van der Waals surface area contributed by atoms with Gasteiger partial charge in [-0.25, -0.2) is 9.78 Å². The predicted molar refractivity (Wildman–Crippen MR) is 97.8 cm³/mol. The summed E-state index contributed by atoms with van der Waals surface area (Å²) < 4.78 is 49.4. The van der Waals surface area contributed by atoms with Crippen molar-refractivity contribution in [3.8, 4) is 5.75 Å². The van der Waals surface area contributed by atoms with E-state index in [2.05, 4.69) is 4.98 Å². The summed E-state index contributed by atoms with van der Waals surface area (Å²) in [5, 5.41) is 0.213. The molecule has 2 aromatic rings. The number of carbonyl (C=O) groups is 2. The maximum absolute atomic E-state index is 13.1. The molecule has 0 N–H and O–H groups in total. The van der Waals surface area contributed by atoms with Gasteiger partial charge >= 0.3 is 12.1 Å². The van der Waals surface area contributed by atoms with E-state index in [-0.39, 0.29) is 16.6 Å². The SMILES string of the molecule is CCOC(=O)c1sc(N(C)C(=O)C(C)Oc2ccccc2C(F)(F)F)nc1C. The molecule has 1 unspecified atom stereocenters. The molecule has 152 valence electrons. The Morgan fingerprint density at radius 3 is 2.54 bits per heavy atom. The van der Waals surface area contributed by atoms with Crippen LogP contribution in [0, 0.1) is 6.92 Å². The van der Waals surface area contributed by atoms with Crippen LogP contribution in [0.1, 0.15) is 34.8 Å². The molecule has 10 heteroatoms. The lowest BCUT2D eigenvalue weighted by molar-refractivity contribution is -0.140. The molecule has 0 aliphatic rings. The van der Waals surface area contributed by atoms with Crippen molar-refractivity contribution in [1.29, 1.82) is 0 Å². The minimum atomic E-state index is -4.60. The number of hydrogen-bond acceptors (Lipinski definition) is 6. The Bertz CT molecular complexity index is 867. The molecule has 0 aliphatic heterocycles. The molecule has 2 rings (SSSR count). The van der Waals surface area contributed by atoms with Crippen molar-refractivity contribution >= 4 is 28.3 Å². The molecule has 28 heavy (non-hydrogen) atoms. The summed E-state index contributed by atoms with van der Waals surface area (Å²) in [4.78, 5) is 30.1. The third-order valence-corrected chi connectivity index (χ3v) is 4.92. The van der Waals surface area contributed by atoms with Crippen molar-refractivity contribution in [2.45, 2.75) is 33.1 Å². The zero-order chi connectivity index (χ0) is 21.1. The van der Waals surface area contributed by atoms with Crippen molar-refractivity contribution in [3.63, 3.8) is 0 Å². The number of halogens is 3. The van der Waals surface area contributed by atoms with E-state index in [1.165, 1.54) is 26.1 Å². The number of ether oxygens (including phenoxy) is 2. The number of hydrogen-bond donors (Lipinski definition) is 0. The number of amides is 1. The number of para-hydroxylation sites is 1. The minimum Gasteiger partial charge on any atom is -0.480 e. The highest BCUT2D eigenvalue weighted by molar-refractivity contribution is 7.17. The topological polar surface area (TPSA) is 68.7 Å². The van der Waals surface area contributed by atoms with E-state index in [0.717, 1.165) is 28.4 Å². The lowest BCUT2D eigenvalue weighted by Crippen LogP contribution is -2.38. The Hall–Kier alpha value is -2.62. The molecular formula is C18H19F3N2O4S. The predicted octanol–water partition coefficient (Wildman–Crippen LogP) is 4.08. The number of aryl methyl sites for hydroxylation is 1. The Labute approximate surface area is 163 Å². The van der Waals surface area contributed by atoms with Crippen LogP contribution in [0.25, 0.3) is 0 Å². The first kappa shape index (κ1) is 21.7. The third-order valence-electron chi connectivity index (χ3n) is 3.71. The smallest absolute Gasteiger partial charge is 0.419 e. The highest BCUT2D eigenvalue weighted by Gasteiger charge is 2.35. The van der Waals surface area contributed by atoms with Crippen LogP contribution in [-0.2, 0) is 15.7 Å². The number of alkyl halides is 3. The first-order chi connectivity index (χ1) is 13.1. The fraction of sp³-hybridized carbons (Fsp3) is 0.389. The van der Waals surface area contributed by atoms with Gasteiger partial charge in [-0.3, -0.25) is 9.69 Å². The maximum atomic E-state index is 13.1. The Kier molecular flexibility index (Phi) is 6.65. The van der Waals surface area contributed by atoms with E-state index < -0.39 is 35.5 Å². The largest absolute Gasteiger partial charge is 0.480 e. The number of aromatic nitrogens is 1. The van der Waals surface area contributed by atoms with Gasteiger partial charge in [0.15, 0.2) is 11.2 Å². The average Bonchev–Trinajstić information content (AvgIpc) is 3.02. The van der Waals surface area contributed by atoms with Gasteiger partial charge in [0, 0.05) is 7.05 Å². The number of nitrogens with zero attached hydrogens (tertiary/aromatic N) is 2. The number of thiazole rings is 1. The van der Waals surface area contributed by atoms with Gasteiger partial charge in [-0.15, -0.1) is 0 Å². The monoisotopic (exact) mass is 416 g/mol. The van der Waals surface area contributed by atoms with Crippen molar-refractivity contribution < 1.29 is 32.2 Å². The number of benzene rings is 1. The van der Waals surface area contributed by atoms with Gasteiger partial charge < -0.3 is 9.47 Å². The summed E-state index contributed by atoms with van der Waals surface area (Å²) in [6.45, 7) is 4.81. The molecule has 1 aromatic carbocycles. The van der Waals surface area contributed by atoms with Crippen LogP contribution in [0.3, 0.4) is 0 Å². The maximum Gasteiger partial charge on any atom is 0.419 e. The molecule has 0 fully saturated rings. The van der Waals surface area contributed by atoms with Gasteiger partial charge in [-0.1, -0.05) is 23.5 Å². The molecule has 6 nitrogen and oxygen atoms in total. The van der Waals surface area contributed by atoms with E-state index in [9.17, 15) is 22.8 Å². The fourth-order valence-electron chi connectivity index (χ4n) is 2.32. The molecule has 1 aromatic heterocycles. The standard InChI is InChI=1S/C18H19F3N2O4S/c1-5-26-16(25)14-10(2)22-17(28-14)23(4)15(24)11(3)27-13-9-7-6-8-12(13)18(19,20)21/h6-9,11H,5H2,1-4H3. The summed E-state index contributed by atoms with van der Waals surface area (Å²) in [5.41, 5.74) is -0.568. The molecule has 0 spiro atoms. The molecular weight excluding hydrogens is 397 g/mol. The third kappa shape index (κ3) is 4.80. The molecule has 0 saturated carbocycles. The van der Waals surface area contributed by atoms with Crippen LogP contribution in [0.5, 0.6) is 5.75 Å². The van der Waals surface area contributed by atoms with Crippen LogP contribution < -0.4 is 9.64 Å². The second-order valence-electron chi connectivity index (χ2n) is 5.78. The van der Waals surface area contributed by atoms with Gasteiger partial charge in [0.1, 0.15) is 10.6 Å². The summed E-state index contributed by atoms with van der Waals surface area (Å²) in [5.74, 6) is -1.60. The highest BCUT2D eigenvalue weighted by Crippen LogP contribution is 2.36. The van der Waals surface area contributed by atoms with Crippen LogP contribution in [0.2, 0.25) is 0 Å². The summed E-state index contributed by atoms with van der Waals surface area (Å²) >= 11 is 0.959. The van der Waals surface area contributed by atoms with E-state index >= 15 is 0 Å². The molecule has 0 radical (unpaired) electrons. The molecule has 0 aliphatic carbocycles. The van der Waals surface area contributed by atoms with Crippen molar-refractivity contribution in [1.82, 2.24) is 4.98 Å². The number of carbonyl (C=O) groups excluding carboxylic acids is 2. The molecule has 1 atom stereocenters. The first-order valence-corrected chi connectivity index (χ1v) is 9.12. The zero-order valence-electron chi connectivity index (χ0n) is 15.7. The van der Waals surface area contributed by atoms with E-state index in [1.807, 2.05) is 0 Å². The van der Waals surface area contributed by atoms with Crippen molar-refractivity contribution in [2.75, 3.05) is 18.6 Å². The van der Waals surface area contributed by atoms with Crippen molar-refractivity contribution in [2.24, 2.45) is 0 Å². The lowest BCUT2D eigenvalue weighted by Gasteiger charge is -2.21. The molecule has 1 heterocycles. The van der Waals surface area contributed by atoms with Crippen LogP contribution >= 0.6 is 11.3 Å². The Morgan fingerprint density at radius 1 is 1.29 bits per heavy atom. The van der Waals surface area contributed by atoms with Crippen LogP contribution in [-0.4, -0.2) is 36.6 Å². The molecule has 0 bridgehead atoms. The summed E-state index contributed by atoms with van der Waals surface area (Å²) in [6.07, 6.45) is -5.81. The van der Waals surface area contributed by atoms with Gasteiger partial charge in [0.25, 0.3) is 5.91 Å². The summed E-state index contributed by atoms with van der Waals surface area (Å²) in [6, 6.07) is 4.66. The van der Waals surface area contributed by atoms with Gasteiger partial charge in [-0.2, -0.15) is 13.2 Å². The zero-order valence-corrected chi connectivity index (χ0v) is 16.5. The van der Waals surface area contributed by atoms with Crippen LogP contribution in [0.15, 0.2) is 24.3 Å². The quantitative estimate of drug-likeness (QED) is 0.664. The van der Waals surface area contributed by atoms with Crippen LogP contribution in [0.4, 0.5) is 18.3 Å². The van der Waals surface area contributed by atoms with E-state index in [1.54, 1.807) is 13.8 Å². The average molecular weight is 416 g/mol. The van der Waals surface area contributed by atoms with Gasteiger partial charge in [-0.05, 0) is 32.9 Å². The second kappa shape index (κ2) is 8.59. The lowest BCUT2D eigenvalue weighted by atomic mass is 10.2. The van der Waals surface area contributed by atoms with Crippen molar-refractivity contribution in [3.05, 3.63) is 40.4 Å². The highest BCUT2D eigenvalue weighted by atomic mass is 32.1.